The quantitative estimate of drug-likeness (QED) is 0.578. The summed E-state index contributed by atoms with van der Waals surface area (Å²) >= 11 is 0. The van der Waals surface area contributed by atoms with Crippen LogP contribution in [0.2, 0.25) is 0 Å². The van der Waals surface area contributed by atoms with Gasteiger partial charge in [-0.05, 0) is 25.3 Å². The van der Waals surface area contributed by atoms with Gasteiger partial charge in [-0.3, -0.25) is 4.90 Å². The van der Waals surface area contributed by atoms with Crippen molar-refractivity contribution in [2.75, 3.05) is 33.4 Å². The summed E-state index contributed by atoms with van der Waals surface area (Å²) in [5.74, 6) is 0.628. The number of hydrogen-bond donors (Lipinski definition) is 0. The first-order chi connectivity index (χ1) is 5.86. The Balaban J connectivity index is 2.24. The highest BCUT2D eigenvalue weighted by molar-refractivity contribution is 5.51. The molecule has 1 saturated heterocycles. The van der Waals surface area contributed by atoms with Crippen LogP contribution in [-0.2, 0) is 9.53 Å². The SMILES string of the molecule is COCC1CCCN(CC=O)C1. The molecule has 0 radical (unpaired) electrons. The Morgan fingerprint density at radius 1 is 1.67 bits per heavy atom. The standard InChI is InChI=1S/C9H17NO2/c1-12-8-9-3-2-4-10(7-9)5-6-11/h6,9H,2-5,7-8H2,1H3. The van der Waals surface area contributed by atoms with E-state index < -0.39 is 0 Å². The number of carbonyl (C=O) groups excluding carboxylic acids is 1. The lowest BCUT2D eigenvalue weighted by atomic mass is 9.99. The van der Waals surface area contributed by atoms with E-state index in [1.54, 1.807) is 7.11 Å². The predicted octanol–water partition coefficient (Wildman–Crippen LogP) is 0.544. The van der Waals surface area contributed by atoms with E-state index in [0.29, 0.717) is 12.5 Å². The molecule has 70 valence electrons. The number of rotatable bonds is 4. The van der Waals surface area contributed by atoms with Crippen LogP contribution < -0.4 is 0 Å². The molecule has 1 heterocycles. The molecule has 3 heteroatoms. The summed E-state index contributed by atoms with van der Waals surface area (Å²) < 4.78 is 5.09. The molecular formula is C9H17NO2. The number of ether oxygens (including phenoxy) is 1. The molecule has 3 nitrogen and oxygen atoms in total. The van der Waals surface area contributed by atoms with E-state index >= 15 is 0 Å². The van der Waals surface area contributed by atoms with E-state index in [0.717, 1.165) is 26.0 Å². The summed E-state index contributed by atoms with van der Waals surface area (Å²) in [5, 5.41) is 0. The van der Waals surface area contributed by atoms with Crippen molar-refractivity contribution in [3.63, 3.8) is 0 Å². The summed E-state index contributed by atoms with van der Waals surface area (Å²) in [6.45, 7) is 3.50. The van der Waals surface area contributed by atoms with E-state index in [1.807, 2.05) is 0 Å². The van der Waals surface area contributed by atoms with Crippen LogP contribution in [0.25, 0.3) is 0 Å². The van der Waals surface area contributed by atoms with Crippen molar-refractivity contribution in [2.45, 2.75) is 12.8 Å². The zero-order chi connectivity index (χ0) is 8.81. The summed E-state index contributed by atoms with van der Waals surface area (Å²) in [6, 6.07) is 0. The second kappa shape index (κ2) is 5.27. The van der Waals surface area contributed by atoms with Crippen LogP contribution in [-0.4, -0.2) is 44.5 Å². The Kier molecular flexibility index (Phi) is 4.25. The van der Waals surface area contributed by atoms with Gasteiger partial charge in [0.2, 0.25) is 0 Å². The zero-order valence-corrected chi connectivity index (χ0v) is 7.66. The Morgan fingerprint density at radius 3 is 3.17 bits per heavy atom. The lowest BCUT2D eigenvalue weighted by molar-refractivity contribution is -0.109. The summed E-state index contributed by atoms with van der Waals surface area (Å²) in [6.07, 6.45) is 3.42. The number of hydrogen-bond acceptors (Lipinski definition) is 3. The van der Waals surface area contributed by atoms with Crippen LogP contribution in [0.3, 0.4) is 0 Å². The summed E-state index contributed by atoms with van der Waals surface area (Å²) in [4.78, 5) is 12.5. The maximum Gasteiger partial charge on any atom is 0.133 e. The largest absolute Gasteiger partial charge is 0.384 e. The molecule has 0 aromatic heterocycles. The number of likely N-dealkylation sites (tertiary alicyclic amines) is 1. The van der Waals surface area contributed by atoms with E-state index in [9.17, 15) is 4.79 Å². The van der Waals surface area contributed by atoms with E-state index in [1.165, 1.54) is 12.8 Å². The van der Waals surface area contributed by atoms with Crippen LogP contribution in [0, 0.1) is 5.92 Å². The van der Waals surface area contributed by atoms with Crippen LogP contribution in [0.4, 0.5) is 0 Å². The van der Waals surface area contributed by atoms with E-state index in [2.05, 4.69) is 4.90 Å². The fourth-order valence-corrected chi connectivity index (χ4v) is 1.79. The number of methoxy groups -OCH3 is 1. The fourth-order valence-electron chi connectivity index (χ4n) is 1.79. The van der Waals surface area contributed by atoms with Gasteiger partial charge in [0.25, 0.3) is 0 Å². The molecule has 0 N–H and O–H groups in total. The van der Waals surface area contributed by atoms with Crippen LogP contribution in [0.15, 0.2) is 0 Å². The van der Waals surface area contributed by atoms with Crippen LogP contribution >= 0.6 is 0 Å². The van der Waals surface area contributed by atoms with Gasteiger partial charge in [-0.15, -0.1) is 0 Å². The third-order valence-corrected chi connectivity index (χ3v) is 2.34. The van der Waals surface area contributed by atoms with Gasteiger partial charge < -0.3 is 9.53 Å². The summed E-state index contributed by atoms with van der Waals surface area (Å²) in [5.41, 5.74) is 0. The summed E-state index contributed by atoms with van der Waals surface area (Å²) in [7, 11) is 1.73. The Hall–Kier alpha value is -0.410. The van der Waals surface area contributed by atoms with Crippen molar-refractivity contribution in [2.24, 2.45) is 5.92 Å². The molecule has 1 unspecified atom stereocenters. The smallest absolute Gasteiger partial charge is 0.133 e. The molecule has 1 atom stereocenters. The first-order valence-corrected chi connectivity index (χ1v) is 4.51. The van der Waals surface area contributed by atoms with E-state index in [-0.39, 0.29) is 0 Å². The van der Waals surface area contributed by atoms with Gasteiger partial charge in [-0.25, -0.2) is 0 Å². The molecule has 1 aliphatic rings. The van der Waals surface area contributed by atoms with E-state index in [4.69, 9.17) is 4.74 Å². The van der Waals surface area contributed by atoms with Gasteiger partial charge >= 0.3 is 0 Å². The Bertz CT molecular complexity index is 136. The minimum Gasteiger partial charge on any atom is -0.384 e. The van der Waals surface area contributed by atoms with Crippen LogP contribution in [0.5, 0.6) is 0 Å². The molecular weight excluding hydrogens is 154 g/mol. The Morgan fingerprint density at radius 2 is 2.50 bits per heavy atom. The van der Waals surface area contributed by atoms with Crippen LogP contribution in [0.1, 0.15) is 12.8 Å². The second-order valence-electron chi connectivity index (χ2n) is 3.39. The minimum atomic E-state index is 0.584. The first-order valence-electron chi connectivity index (χ1n) is 4.51. The molecule has 0 spiro atoms. The highest BCUT2D eigenvalue weighted by Gasteiger charge is 2.18. The molecule has 12 heavy (non-hydrogen) atoms. The molecule has 1 rings (SSSR count). The second-order valence-corrected chi connectivity index (χ2v) is 3.39. The topological polar surface area (TPSA) is 29.5 Å². The molecule has 0 saturated carbocycles. The number of piperidine rings is 1. The van der Waals surface area contributed by atoms with Gasteiger partial charge in [0.1, 0.15) is 6.29 Å². The van der Waals surface area contributed by atoms with Gasteiger partial charge in [-0.1, -0.05) is 0 Å². The normalized spacial score (nSPS) is 25.6. The molecule has 0 aromatic rings. The average Bonchev–Trinajstić information content (AvgIpc) is 2.06. The van der Waals surface area contributed by atoms with Crippen molar-refractivity contribution < 1.29 is 9.53 Å². The first kappa shape index (κ1) is 9.68. The number of nitrogens with zero attached hydrogens (tertiary/aromatic N) is 1. The molecule has 0 bridgehead atoms. The molecule has 1 fully saturated rings. The van der Waals surface area contributed by atoms with Gasteiger partial charge in [0.05, 0.1) is 13.2 Å². The third-order valence-electron chi connectivity index (χ3n) is 2.34. The van der Waals surface area contributed by atoms with Crippen molar-refractivity contribution in [1.82, 2.24) is 4.90 Å². The minimum absolute atomic E-state index is 0.584. The number of carbonyl (C=O) groups is 1. The maximum absolute atomic E-state index is 10.3. The van der Waals surface area contributed by atoms with Crippen molar-refractivity contribution >= 4 is 6.29 Å². The van der Waals surface area contributed by atoms with Crippen molar-refractivity contribution in [1.29, 1.82) is 0 Å². The third kappa shape index (κ3) is 2.91. The Labute approximate surface area is 73.7 Å². The highest BCUT2D eigenvalue weighted by atomic mass is 16.5. The monoisotopic (exact) mass is 171 g/mol. The molecule has 0 aromatic carbocycles. The van der Waals surface area contributed by atoms with Gasteiger partial charge in [0, 0.05) is 13.7 Å². The average molecular weight is 171 g/mol. The van der Waals surface area contributed by atoms with Crippen molar-refractivity contribution in [3.8, 4) is 0 Å². The molecule has 1 aliphatic heterocycles. The number of aldehydes is 1. The zero-order valence-electron chi connectivity index (χ0n) is 7.66. The van der Waals surface area contributed by atoms with Gasteiger partial charge in [0.15, 0.2) is 0 Å². The lowest BCUT2D eigenvalue weighted by Gasteiger charge is -2.30. The molecule has 0 aliphatic carbocycles. The lowest BCUT2D eigenvalue weighted by Crippen LogP contribution is -2.38. The van der Waals surface area contributed by atoms with Gasteiger partial charge in [-0.2, -0.15) is 0 Å². The van der Waals surface area contributed by atoms with Crippen molar-refractivity contribution in [3.05, 3.63) is 0 Å². The highest BCUT2D eigenvalue weighted by Crippen LogP contribution is 2.15. The molecule has 0 amide bonds. The predicted molar refractivity (Wildman–Crippen MR) is 47.1 cm³/mol. The fraction of sp³-hybridized carbons (Fsp3) is 0.889. The maximum atomic E-state index is 10.3.